The highest BCUT2D eigenvalue weighted by Crippen LogP contribution is 2.30. The molecule has 5 nitrogen and oxygen atoms in total. The van der Waals surface area contributed by atoms with E-state index >= 15 is 0 Å². The van der Waals surface area contributed by atoms with Crippen LogP contribution in [0, 0.1) is 5.92 Å². The molecule has 1 aromatic heterocycles. The number of methoxy groups -OCH3 is 1. The number of nitrogens with one attached hydrogen (secondary N) is 1. The topological polar surface area (TPSA) is 55.7 Å². The maximum Gasteiger partial charge on any atom is 0.203 e. The lowest BCUT2D eigenvalue weighted by molar-refractivity contribution is 0.272. The molecule has 0 aliphatic heterocycles. The Hall–Kier alpha value is -2.86. The van der Waals surface area contributed by atoms with Gasteiger partial charge in [-0.25, -0.2) is 4.98 Å². The number of hydrazone groups is 1. The van der Waals surface area contributed by atoms with Crippen molar-refractivity contribution in [3.8, 4) is 22.8 Å². The number of para-hydroxylation sites is 1. The van der Waals surface area contributed by atoms with Gasteiger partial charge in [0.2, 0.25) is 5.13 Å². The molecule has 3 rings (SSSR count). The maximum absolute atomic E-state index is 5.98. The van der Waals surface area contributed by atoms with Crippen LogP contribution in [-0.2, 0) is 0 Å². The van der Waals surface area contributed by atoms with E-state index in [2.05, 4.69) is 29.4 Å². The molecule has 0 amide bonds. The second-order valence-corrected chi connectivity index (χ2v) is 7.54. The van der Waals surface area contributed by atoms with Gasteiger partial charge in [-0.15, -0.1) is 11.3 Å². The predicted octanol–water partition coefficient (Wildman–Crippen LogP) is 5.69. The second-order valence-electron chi connectivity index (χ2n) is 6.68. The SMILES string of the molecule is COc1cccc(C=NNc2nc(-c3ccccc3)cs2)c1OCCC(C)C. The minimum atomic E-state index is 0.581. The van der Waals surface area contributed by atoms with E-state index in [0.29, 0.717) is 24.0 Å². The Morgan fingerprint density at radius 1 is 1.14 bits per heavy atom. The number of thiazole rings is 1. The average molecular weight is 396 g/mol. The van der Waals surface area contributed by atoms with Gasteiger partial charge in [-0.3, -0.25) is 5.43 Å². The smallest absolute Gasteiger partial charge is 0.203 e. The summed E-state index contributed by atoms with van der Waals surface area (Å²) < 4.78 is 11.4. The van der Waals surface area contributed by atoms with Gasteiger partial charge >= 0.3 is 0 Å². The average Bonchev–Trinajstić information content (AvgIpc) is 3.18. The minimum Gasteiger partial charge on any atom is -0.493 e. The van der Waals surface area contributed by atoms with Crippen LogP contribution in [0.15, 0.2) is 59.0 Å². The summed E-state index contributed by atoms with van der Waals surface area (Å²) in [5.41, 5.74) is 5.88. The van der Waals surface area contributed by atoms with E-state index < -0.39 is 0 Å². The van der Waals surface area contributed by atoms with Gasteiger partial charge in [0.15, 0.2) is 11.5 Å². The Morgan fingerprint density at radius 2 is 1.96 bits per heavy atom. The standard InChI is InChI=1S/C22H25N3O2S/c1-16(2)12-13-27-21-18(10-7-11-20(21)26-3)14-23-25-22-24-19(15-28-22)17-8-5-4-6-9-17/h4-11,14-16H,12-13H2,1-3H3,(H,24,25). The molecule has 146 valence electrons. The van der Waals surface area contributed by atoms with Gasteiger partial charge in [-0.1, -0.05) is 50.2 Å². The molecule has 0 unspecified atom stereocenters. The number of aromatic nitrogens is 1. The summed E-state index contributed by atoms with van der Waals surface area (Å²) in [6.07, 6.45) is 2.71. The lowest BCUT2D eigenvalue weighted by atomic mass is 10.1. The molecule has 0 saturated carbocycles. The second kappa shape index (κ2) is 9.90. The predicted molar refractivity (Wildman–Crippen MR) is 117 cm³/mol. The summed E-state index contributed by atoms with van der Waals surface area (Å²) in [7, 11) is 1.64. The van der Waals surface area contributed by atoms with Gasteiger partial charge in [-0.05, 0) is 24.5 Å². The van der Waals surface area contributed by atoms with Crippen LogP contribution < -0.4 is 14.9 Å². The monoisotopic (exact) mass is 395 g/mol. The number of ether oxygens (including phenoxy) is 2. The van der Waals surface area contributed by atoms with Crippen LogP contribution in [0.2, 0.25) is 0 Å². The molecule has 0 bridgehead atoms. The molecule has 6 heteroatoms. The highest BCUT2D eigenvalue weighted by atomic mass is 32.1. The van der Waals surface area contributed by atoms with Crippen molar-refractivity contribution < 1.29 is 9.47 Å². The zero-order valence-electron chi connectivity index (χ0n) is 16.4. The highest BCUT2D eigenvalue weighted by Gasteiger charge is 2.10. The normalized spacial score (nSPS) is 11.1. The van der Waals surface area contributed by atoms with Crippen molar-refractivity contribution in [2.45, 2.75) is 20.3 Å². The van der Waals surface area contributed by atoms with Crippen molar-refractivity contribution in [1.29, 1.82) is 0 Å². The van der Waals surface area contributed by atoms with Crippen molar-refractivity contribution in [1.82, 2.24) is 4.98 Å². The summed E-state index contributed by atoms with van der Waals surface area (Å²) in [5, 5.41) is 7.08. The molecule has 1 N–H and O–H groups in total. The van der Waals surface area contributed by atoms with E-state index in [1.54, 1.807) is 13.3 Å². The lowest BCUT2D eigenvalue weighted by Crippen LogP contribution is -2.05. The largest absolute Gasteiger partial charge is 0.493 e. The van der Waals surface area contributed by atoms with Crippen LogP contribution >= 0.6 is 11.3 Å². The van der Waals surface area contributed by atoms with E-state index in [4.69, 9.17) is 9.47 Å². The molecular formula is C22H25N3O2S. The van der Waals surface area contributed by atoms with E-state index in [1.165, 1.54) is 11.3 Å². The van der Waals surface area contributed by atoms with E-state index in [1.807, 2.05) is 53.9 Å². The molecule has 0 radical (unpaired) electrons. The molecule has 0 fully saturated rings. The summed E-state index contributed by atoms with van der Waals surface area (Å²) >= 11 is 1.52. The molecule has 0 atom stereocenters. The minimum absolute atomic E-state index is 0.581. The van der Waals surface area contributed by atoms with Crippen LogP contribution in [0.4, 0.5) is 5.13 Å². The van der Waals surface area contributed by atoms with Crippen LogP contribution in [0.25, 0.3) is 11.3 Å². The first-order valence-electron chi connectivity index (χ1n) is 9.27. The zero-order valence-corrected chi connectivity index (χ0v) is 17.2. The number of hydrogen-bond acceptors (Lipinski definition) is 6. The van der Waals surface area contributed by atoms with E-state index in [0.717, 1.165) is 28.4 Å². The quantitative estimate of drug-likeness (QED) is 0.373. The molecule has 1 heterocycles. The van der Waals surface area contributed by atoms with Gasteiger partial charge in [0.1, 0.15) is 0 Å². The number of hydrogen-bond donors (Lipinski definition) is 1. The fourth-order valence-corrected chi connectivity index (χ4v) is 3.24. The van der Waals surface area contributed by atoms with Crippen LogP contribution in [0.1, 0.15) is 25.8 Å². The third-order valence-corrected chi connectivity index (χ3v) is 4.86. The zero-order chi connectivity index (χ0) is 19.8. The van der Waals surface area contributed by atoms with Crippen molar-refractivity contribution in [3.63, 3.8) is 0 Å². The molecular weight excluding hydrogens is 370 g/mol. The highest BCUT2D eigenvalue weighted by molar-refractivity contribution is 7.14. The molecule has 0 spiro atoms. The summed E-state index contributed by atoms with van der Waals surface area (Å²) in [4.78, 5) is 4.57. The Balaban J connectivity index is 1.69. The molecule has 0 aliphatic carbocycles. The van der Waals surface area contributed by atoms with Crippen LogP contribution in [0.3, 0.4) is 0 Å². The number of rotatable bonds is 9. The molecule has 0 aliphatic rings. The third kappa shape index (κ3) is 5.33. The molecule has 28 heavy (non-hydrogen) atoms. The fraction of sp³-hybridized carbons (Fsp3) is 0.273. The Morgan fingerprint density at radius 3 is 2.71 bits per heavy atom. The molecule has 3 aromatic rings. The maximum atomic E-state index is 5.98. The van der Waals surface area contributed by atoms with Crippen molar-refractivity contribution in [3.05, 3.63) is 59.5 Å². The summed E-state index contributed by atoms with van der Waals surface area (Å²) in [6.45, 7) is 4.99. The van der Waals surface area contributed by atoms with Gasteiger partial charge in [-0.2, -0.15) is 5.10 Å². The Labute approximate surface area is 170 Å². The van der Waals surface area contributed by atoms with Gasteiger partial charge < -0.3 is 9.47 Å². The van der Waals surface area contributed by atoms with E-state index in [9.17, 15) is 0 Å². The van der Waals surface area contributed by atoms with Gasteiger partial charge in [0.05, 0.1) is 25.6 Å². The molecule has 0 saturated heterocycles. The van der Waals surface area contributed by atoms with Crippen molar-refractivity contribution >= 4 is 22.7 Å². The number of nitrogens with zero attached hydrogens (tertiary/aromatic N) is 2. The van der Waals surface area contributed by atoms with Gasteiger partial charge in [0, 0.05) is 16.5 Å². The number of benzene rings is 2. The van der Waals surface area contributed by atoms with E-state index in [-0.39, 0.29) is 0 Å². The number of anilines is 1. The van der Waals surface area contributed by atoms with Gasteiger partial charge in [0.25, 0.3) is 0 Å². The van der Waals surface area contributed by atoms with Crippen molar-refractivity contribution in [2.75, 3.05) is 19.1 Å². The Bertz CT molecular complexity index is 907. The summed E-state index contributed by atoms with van der Waals surface area (Å²) in [5.74, 6) is 1.99. The summed E-state index contributed by atoms with van der Waals surface area (Å²) in [6, 6.07) is 15.9. The fourth-order valence-electron chi connectivity index (χ4n) is 2.57. The Kier molecular flexibility index (Phi) is 7.03. The molecule has 2 aromatic carbocycles. The first kappa shape index (κ1) is 19.9. The van der Waals surface area contributed by atoms with Crippen LogP contribution in [0.5, 0.6) is 11.5 Å². The third-order valence-electron chi connectivity index (χ3n) is 4.11. The lowest BCUT2D eigenvalue weighted by Gasteiger charge is -2.14. The van der Waals surface area contributed by atoms with Crippen molar-refractivity contribution in [2.24, 2.45) is 11.0 Å². The van der Waals surface area contributed by atoms with Crippen LogP contribution in [-0.4, -0.2) is 24.9 Å². The first-order valence-corrected chi connectivity index (χ1v) is 10.1. The first-order chi connectivity index (χ1) is 13.7.